The largest absolute Gasteiger partial charge is 0.573 e. The molecule has 2 nitrogen and oxygen atoms in total. The molecule has 0 N–H and O–H groups in total. The molecule has 0 amide bonds. The van der Waals surface area contributed by atoms with E-state index in [0.717, 1.165) is 6.07 Å². The standard InChI is InChI=1S/C9H5F6O2/c1-5-2-3-6(16-8(10,11)12)7(4-5)17-9(13,14)15/h2-4H,1H2. The minimum absolute atomic E-state index is 0.0544. The molecule has 0 atom stereocenters. The predicted octanol–water partition coefficient (Wildman–Crippen LogP) is 3.67. The van der Waals surface area contributed by atoms with Gasteiger partial charge in [-0.1, -0.05) is 6.07 Å². The van der Waals surface area contributed by atoms with Gasteiger partial charge < -0.3 is 9.47 Å². The van der Waals surface area contributed by atoms with E-state index in [1.807, 2.05) is 0 Å². The van der Waals surface area contributed by atoms with Crippen LogP contribution in [0.2, 0.25) is 0 Å². The average molecular weight is 259 g/mol. The molecule has 0 spiro atoms. The van der Waals surface area contributed by atoms with Crippen LogP contribution in [0.4, 0.5) is 26.3 Å². The zero-order valence-corrected chi connectivity index (χ0v) is 8.02. The van der Waals surface area contributed by atoms with E-state index >= 15 is 0 Å². The Bertz CT molecular complexity index is 395. The van der Waals surface area contributed by atoms with Gasteiger partial charge in [0, 0.05) is 0 Å². The maximum Gasteiger partial charge on any atom is 0.573 e. The summed E-state index contributed by atoms with van der Waals surface area (Å²) in [5, 5.41) is 0. The summed E-state index contributed by atoms with van der Waals surface area (Å²) >= 11 is 0. The Morgan fingerprint density at radius 2 is 1.29 bits per heavy atom. The molecular formula is C9H5F6O2. The quantitative estimate of drug-likeness (QED) is 0.754. The zero-order chi connectivity index (χ0) is 13.3. The van der Waals surface area contributed by atoms with Crippen LogP contribution >= 0.6 is 0 Å². The Balaban J connectivity index is 3.04. The van der Waals surface area contributed by atoms with E-state index in [1.54, 1.807) is 0 Å². The van der Waals surface area contributed by atoms with Crippen molar-refractivity contribution in [2.45, 2.75) is 12.7 Å². The van der Waals surface area contributed by atoms with Crippen LogP contribution in [0.3, 0.4) is 0 Å². The molecule has 0 aliphatic carbocycles. The van der Waals surface area contributed by atoms with Gasteiger partial charge in [0.2, 0.25) is 0 Å². The molecule has 1 aromatic carbocycles. The molecule has 1 radical (unpaired) electrons. The van der Waals surface area contributed by atoms with Gasteiger partial charge in [0.05, 0.1) is 0 Å². The van der Waals surface area contributed by atoms with E-state index in [2.05, 4.69) is 16.4 Å². The molecule has 0 fully saturated rings. The Labute approximate surface area is 91.7 Å². The number of rotatable bonds is 2. The topological polar surface area (TPSA) is 18.5 Å². The molecule has 0 unspecified atom stereocenters. The summed E-state index contributed by atoms with van der Waals surface area (Å²) < 4.78 is 78.1. The second kappa shape index (κ2) is 4.34. The Morgan fingerprint density at radius 1 is 0.824 bits per heavy atom. The van der Waals surface area contributed by atoms with Gasteiger partial charge in [-0.2, -0.15) is 0 Å². The second-order valence-corrected chi connectivity index (χ2v) is 2.88. The fourth-order valence-corrected chi connectivity index (χ4v) is 0.966. The molecule has 0 bridgehead atoms. The molecule has 1 rings (SSSR count). The highest BCUT2D eigenvalue weighted by Gasteiger charge is 2.36. The van der Waals surface area contributed by atoms with Crippen molar-refractivity contribution in [3.05, 3.63) is 30.7 Å². The minimum atomic E-state index is -5.11. The molecule has 8 heteroatoms. The smallest absolute Gasteiger partial charge is 0.402 e. The minimum Gasteiger partial charge on any atom is -0.402 e. The highest BCUT2D eigenvalue weighted by Crippen LogP contribution is 2.36. The van der Waals surface area contributed by atoms with Crippen LogP contribution in [-0.2, 0) is 0 Å². The average Bonchev–Trinajstić information content (AvgIpc) is 2.05. The summed E-state index contributed by atoms with van der Waals surface area (Å²) in [5.74, 6) is -2.18. The maximum atomic E-state index is 11.9. The van der Waals surface area contributed by atoms with E-state index in [-0.39, 0.29) is 5.56 Å². The first-order valence-corrected chi connectivity index (χ1v) is 4.04. The molecule has 17 heavy (non-hydrogen) atoms. The van der Waals surface area contributed by atoms with Crippen LogP contribution in [0.5, 0.6) is 11.5 Å². The second-order valence-electron chi connectivity index (χ2n) is 2.88. The molecule has 1 aromatic rings. The van der Waals surface area contributed by atoms with Crippen LogP contribution < -0.4 is 9.47 Å². The molecule has 0 aliphatic rings. The van der Waals surface area contributed by atoms with Crippen LogP contribution in [0.1, 0.15) is 5.56 Å². The first-order chi connectivity index (χ1) is 7.57. The van der Waals surface area contributed by atoms with Crippen molar-refractivity contribution in [3.63, 3.8) is 0 Å². The van der Waals surface area contributed by atoms with Gasteiger partial charge in [-0.05, 0) is 24.6 Å². The molecule has 0 saturated carbocycles. The summed E-state index contributed by atoms with van der Waals surface area (Å²) in [4.78, 5) is 0. The van der Waals surface area contributed by atoms with Crippen molar-refractivity contribution in [2.75, 3.05) is 0 Å². The van der Waals surface area contributed by atoms with Gasteiger partial charge in [0.15, 0.2) is 11.5 Å². The summed E-state index contributed by atoms with van der Waals surface area (Å²) in [6.07, 6.45) is -10.2. The number of halogens is 6. The zero-order valence-electron chi connectivity index (χ0n) is 8.02. The lowest BCUT2D eigenvalue weighted by Gasteiger charge is -2.15. The van der Waals surface area contributed by atoms with E-state index < -0.39 is 24.2 Å². The van der Waals surface area contributed by atoms with Gasteiger partial charge in [-0.25, -0.2) is 0 Å². The Kier molecular flexibility index (Phi) is 3.44. The van der Waals surface area contributed by atoms with Crippen LogP contribution in [-0.4, -0.2) is 12.7 Å². The van der Waals surface area contributed by atoms with Crippen LogP contribution in [0, 0.1) is 6.92 Å². The monoisotopic (exact) mass is 259 g/mol. The predicted molar refractivity (Wildman–Crippen MR) is 44.3 cm³/mol. The number of benzene rings is 1. The number of ether oxygens (including phenoxy) is 2. The Hall–Kier alpha value is -1.60. The number of alkyl halides is 6. The van der Waals surface area contributed by atoms with Gasteiger partial charge in [-0.15, -0.1) is 26.3 Å². The Morgan fingerprint density at radius 3 is 1.76 bits per heavy atom. The fraction of sp³-hybridized carbons (Fsp3) is 0.222. The highest BCUT2D eigenvalue weighted by molar-refractivity contribution is 5.44. The van der Waals surface area contributed by atoms with E-state index in [0.29, 0.717) is 12.1 Å². The third kappa shape index (κ3) is 4.83. The molecule has 0 aromatic heterocycles. The van der Waals surface area contributed by atoms with Gasteiger partial charge >= 0.3 is 12.7 Å². The van der Waals surface area contributed by atoms with Crippen molar-refractivity contribution in [1.29, 1.82) is 0 Å². The third-order valence-electron chi connectivity index (χ3n) is 1.46. The van der Waals surface area contributed by atoms with E-state index in [1.165, 1.54) is 0 Å². The summed E-state index contributed by atoms with van der Waals surface area (Å²) in [7, 11) is 0. The van der Waals surface area contributed by atoms with Crippen molar-refractivity contribution >= 4 is 0 Å². The van der Waals surface area contributed by atoms with Crippen LogP contribution in [0.15, 0.2) is 18.2 Å². The first-order valence-electron chi connectivity index (χ1n) is 4.04. The maximum absolute atomic E-state index is 11.9. The molecular weight excluding hydrogens is 254 g/mol. The lowest BCUT2D eigenvalue weighted by molar-refractivity contribution is -0.287. The van der Waals surface area contributed by atoms with Crippen molar-refractivity contribution in [2.24, 2.45) is 0 Å². The van der Waals surface area contributed by atoms with Gasteiger partial charge in [0.1, 0.15) is 0 Å². The fourth-order valence-electron chi connectivity index (χ4n) is 0.966. The summed E-state index contributed by atoms with van der Waals surface area (Å²) in [6.45, 7) is 3.26. The van der Waals surface area contributed by atoms with E-state index in [4.69, 9.17) is 0 Å². The van der Waals surface area contributed by atoms with Crippen molar-refractivity contribution < 1.29 is 35.8 Å². The molecule has 95 valence electrons. The molecule has 0 heterocycles. The lowest BCUT2D eigenvalue weighted by atomic mass is 10.2. The van der Waals surface area contributed by atoms with Crippen molar-refractivity contribution in [3.8, 4) is 11.5 Å². The third-order valence-corrected chi connectivity index (χ3v) is 1.46. The summed E-state index contributed by atoms with van der Waals surface area (Å²) in [6, 6.07) is 2.44. The lowest BCUT2D eigenvalue weighted by Crippen LogP contribution is -2.21. The van der Waals surface area contributed by atoms with Crippen molar-refractivity contribution in [1.82, 2.24) is 0 Å². The first kappa shape index (κ1) is 13.5. The van der Waals surface area contributed by atoms with E-state index in [9.17, 15) is 26.3 Å². The van der Waals surface area contributed by atoms with Crippen LogP contribution in [0.25, 0.3) is 0 Å². The normalized spacial score (nSPS) is 12.4. The number of hydrogen-bond donors (Lipinski definition) is 0. The number of hydrogen-bond acceptors (Lipinski definition) is 2. The SMILES string of the molecule is [CH2]c1ccc(OC(F)(F)F)c(OC(F)(F)F)c1. The highest BCUT2D eigenvalue weighted by atomic mass is 19.4. The molecule has 0 saturated heterocycles. The van der Waals surface area contributed by atoms with Gasteiger partial charge in [0.25, 0.3) is 0 Å². The molecule has 0 aliphatic heterocycles. The summed E-state index contributed by atoms with van der Waals surface area (Å²) in [5.41, 5.74) is 0.0544. The van der Waals surface area contributed by atoms with Gasteiger partial charge in [-0.3, -0.25) is 0 Å².